The Morgan fingerprint density at radius 1 is 0.649 bits per heavy atom. The summed E-state index contributed by atoms with van der Waals surface area (Å²) in [5.41, 5.74) is 5.39. The highest BCUT2D eigenvalue weighted by Crippen LogP contribution is 2.45. The monoisotopic (exact) mass is 486 g/mol. The zero-order valence-electron chi connectivity index (χ0n) is 21.0. The summed E-state index contributed by atoms with van der Waals surface area (Å²) in [6.45, 7) is 8.15. The lowest BCUT2D eigenvalue weighted by Crippen LogP contribution is -2.39. The van der Waals surface area contributed by atoms with Crippen molar-refractivity contribution in [3.05, 3.63) is 95.8 Å². The van der Waals surface area contributed by atoms with Crippen LogP contribution in [0.25, 0.3) is 32.7 Å². The second-order valence-corrected chi connectivity index (χ2v) is 11.1. The Balaban J connectivity index is 1.39. The van der Waals surface area contributed by atoms with Gasteiger partial charge < -0.3 is 13.9 Å². The lowest BCUT2D eigenvalue weighted by molar-refractivity contribution is -0.695. The number of aromatic nitrogens is 2. The predicted molar refractivity (Wildman–Crippen MR) is 142 cm³/mol. The van der Waals surface area contributed by atoms with Gasteiger partial charge in [0.2, 0.25) is 0 Å². The van der Waals surface area contributed by atoms with Crippen molar-refractivity contribution in [2.75, 3.05) is 0 Å². The molecule has 0 unspecified atom stereocenters. The van der Waals surface area contributed by atoms with Crippen LogP contribution >= 0.6 is 0 Å². The average Bonchev–Trinajstić information content (AvgIpc) is 3.29. The van der Waals surface area contributed by atoms with Crippen molar-refractivity contribution in [1.82, 2.24) is 0 Å². The molecule has 5 heterocycles. The zero-order valence-corrected chi connectivity index (χ0v) is 21.0. The van der Waals surface area contributed by atoms with Crippen LogP contribution in [0.3, 0.4) is 0 Å². The van der Waals surface area contributed by atoms with E-state index in [1.807, 2.05) is 30.3 Å². The van der Waals surface area contributed by atoms with Gasteiger partial charge in [0, 0.05) is 28.3 Å². The fraction of sp³-hybridized carbons (Fsp3) is 0.188. The van der Waals surface area contributed by atoms with E-state index in [2.05, 4.69) is 78.7 Å². The first kappa shape index (κ1) is 20.8. The van der Waals surface area contributed by atoms with E-state index in [9.17, 15) is 0 Å². The van der Waals surface area contributed by atoms with Gasteiger partial charge in [-0.25, -0.2) is 0 Å². The number of hydrogen-bond acceptors (Lipinski definition) is 3. The summed E-state index contributed by atoms with van der Waals surface area (Å²) < 4.78 is 23.6. The Bertz CT molecular complexity index is 1930. The summed E-state index contributed by atoms with van der Waals surface area (Å²) in [7, 11) is 0. The van der Waals surface area contributed by atoms with Crippen molar-refractivity contribution >= 4 is 32.7 Å². The Kier molecular flexibility index (Phi) is 3.99. The third kappa shape index (κ3) is 2.97. The van der Waals surface area contributed by atoms with E-state index < -0.39 is 0 Å². The maximum Gasteiger partial charge on any atom is 0.373 e. The first-order chi connectivity index (χ1) is 17.9. The standard InChI is InChI=1S/C32H26N2O3/c1-32(2,3)20-13-15-34-17-21-23(37-28(34)16-20)9-7-19-8-10-26-31(29(19)21)30-22-18-33-14-5-4-6-27(33)36-24(22)11-12-25(30)35-26/h4-16H,17-18H2,1-3H3/q+2. The summed E-state index contributed by atoms with van der Waals surface area (Å²) in [6, 6.07) is 23.0. The second-order valence-electron chi connectivity index (χ2n) is 11.1. The molecule has 180 valence electrons. The average molecular weight is 487 g/mol. The highest BCUT2D eigenvalue weighted by molar-refractivity contribution is 6.21. The molecular weight excluding hydrogens is 460 g/mol. The lowest BCUT2D eigenvalue weighted by Gasteiger charge is -2.22. The summed E-state index contributed by atoms with van der Waals surface area (Å²) >= 11 is 0. The number of nitrogens with zero attached hydrogens (tertiary/aromatic N) is 2. The van der Waals surface area contributed by atoms with E-state index >= 15 is 0 Å². The fourth-order valence-corrected chi connectivity index (χ4v) is 5.82. The topological polar surface area (TPSA) is 39.4 Å². The molecule has 37 heavy (non-hydrogen) atoms. The van der Waals surface area contributed by atoms with Gasteiger partial charge >= 0.3 is 11.8 Å². The van der Waals surface area contributed by atoms with Gasteiger partial charge in [-0.3, -0.25) is 0 Å². The first-order valence-corrected chi connectivity index (χ1v) is 12.7. The molecule has 3 aromatic carbocycles. The Morgan fingerprint density at radius 2 is 1.32 bits per heavy atom. The van der Waals surface area contributed by atoms with Crippen LogP contribution in [-0.4, -0.2) is 0 Å². The molecule has 0 radical (unpaired) electrons. The second kappa shape index (κ2) is 7.10. The SMILES string of the molecule is CC(C)(C)c1cc[n+]2c(c1)Oc1ccc3ccc4oc5ccc6c(c5c4c3c1C2)C[n+]1ccccc1O6. The molecule has 2 aliphatic rings. The smallest absolute Gasteiger partial charge is 0.373 e. The minimum atomic E-state index is 0.0578. The van der Waals surface area contributed by atoms with E-state index in [4.69, 9.17) is 13.9 Å². The summed E-state index contributed by atoms with van der Waals surface area (Å²) in [4.78, 5) is 0. The summed E-state index contributed by atoms with van der Waals surface area (Å²) in [5, 5.41) is 4.61. The van der Waals surface area contributed by atoms with Crippen molar-refractivity contribution in [2.24, 2.45) is 0 Å². The van der Waals surface area contributed by atoms with Crippen LogP contribution in [0.4, 0.5) is 0 Å². The van der Waals surface area contributed by atoms with E-state index in [1.165, 1.54) is 21.9 Å². The predicted octanol–water partition coefficient (Wildman–Crippen LogP) is 6.92. The van der Waals surface area contributed by atoms with E-state index in [0.29, 0.717) is 0 Å². The van der Waals surface area contributed by atoms with Crippen molar-refractivity contribution in [3.8, 4) is 23.3 Å². The molecule has 0 aliphatic carbocycles. The molecule has 0 saturated carbocycles. The third-order valence-corrected chi connectivity index (χ3v) is 7.76. The molecule has 3 aromatic heterocycles. The maximum atomic E-state index is 6.52. The first-order valence-electron chi connectivity index (χ1n) is 12.7. The number of benzene rings is 3. The van der Waals surface area contributed by atoms with Crippen molar-refractivity contribution in [2.45, 2.75) is 39.3 Å². The van der Waals surface area contributed by atoms with Gasteiger partial charge in [-0.1, -0.05) is 32.9 Å². The molecule has 0 N–H and O–H groups in total. The van der Waals surface area contributed by atoms with Crippen LogP contribution in [0.2, 0.25) is 0 Å². The summed E-state index contributed by atoms with van der Waals surface area (Å²) in [6.07, 6.45) is 4.21. The van der Waals surface area contributed by atoms with E-state index in [1.54, 1.807) is 0 Å². The minimum Gasteiger partial charge on any atom is -0.456 e. The van der Waals surface area contributed by atoms with Crippen molar-refractivity contribution < 1.29 is 23.0 Å². The molecule has 0 bridgehead atoms. The van der Waals surface area contributed by atoms with Crippen LogP contribution in [0.15, 0.2) is 83.5 Å². The number of fused-ring (bicyclic) bond motifs is 11. The van der Waals surface area contributed by atoms with Crippen LogP contribution < -0.4 is 18.6 Å². The minimum absolute atomic E-state index is 0.0578. The Hall–Kier alpha value is -4.38. The normalized spacial score (nSPS) is 14.0. The largest absolute Gasteiger partial charge is 0.456 e. The van der Waals surface area contributed by atoms with Gasteiger partial charge in [-0.05, 0) is 46.7 Å². The molecule has 0 saturated heterocycles. The van der Waals surface area contributed by atoms with E-state index in [0.717, 1.165) is 63.9 Å². The number of rotatable bonds is 0. The molecule has 8 rings (SSSR count). The molecule has 0 atom stereocenters. The molecule has 5 nitrogen and oxygen atoms in total. The molecule has 0 amide bonds. The molecule has 5 heteroatoms. The van der Waals surface area contributed by atoms with Crippen molar-refractivity contribution in [1.29, 1.82) is 0 Å². The van der Waals surface area contributed by atoms with E-state index in [-0.39, 0.29) is 5.41 Å². The van der Waals surface area contributed by atoms with Crippen LogP contribution in [0.5, 0.6) is 23.3 Å². The van der Waals surface area contributed by atoms with Gasteiger partial charge in [0.25, 0.3) is 0 Å². The maximum absolute atomic E-state index is 6.52. The van der Waals surface area contributed by atoms with Crippen LogP contribution in [-0.2, 0) is 18.5 Å². The van der Waals surface area contributed by atoms with Gasteiger partial charge in [-0.15, -0.1) is 0 Å². The lowest BCUT2D eigenvalue weighted by atomic mass is 9.87. The fourth-order valence-electron chi connectivity index (χ4n) is 5.82. The highest BCUT2D eigenvalue weighted by Gasteiger charge is 2.31. The van der Waals surface area contributed by atoms with Gasteiger partial charge in [0.1, 0.15) is 22.7 Å². The van der Waals surface area contributed by atoms with Crippen molar-refractivity contribution in [3.63, 3.8) is 0 Å². The Labute approximate surface area is 214 Å². The van der Waals surface area contributed by atoms with Crippen LogP contribution in [0, 0.1) is 0 Å². The Morgan fingerprint density at radius 3 is 2.16 bits per heavy atom. The molecule has 2 aliphatic heterocycles. The molecule has 0 spiro atoms. The van der Waals surface area contributed by atoms with Gasteiger partial charge in [0.05, 0.1) is 23.3 Å². The molecular formula is C32H26N2O3+2. The molecule has 6 aromatic rings. The quantitative estimate of drug-likeness (QED) is 0.218. The van der Waals surface area contributed by atoms with Gasteiger partial charge in [-0.2, -0.15) is 9.13 Å². The number of hydrogen-bond donors (Lipinski definition) is 0. The summed E-state index contributed by atoms with van der Waals surface area (Å²) in [5.74, 6) is 3.51. The molecule has 0 fully saturated rings. The van der Waals surface area contributed by atoms with Gasteiger partial charge in [0.15, 0.2) is 25.5 Å². The third-order valence-electron chi connectivity index (χ3n) is 7.76. The van der Waals surface area contributed by atoms with Crippen LogP contribution in [0.1, 0.15) is 37.5 Å². The zero-order chi connectivity index (χ0) is 24.9. The number of furan rings is 1. The highest BCUT2D eigenvalue weighted by atomic mass is 16.5. The number of ether oxygens (including phenoxy) is 2. The number of pyridine rings is 2.